The highest BCUT2D eigenvalue weighted by Gasteiger charge is 2.25. The molecule has 0 bridgehead atoms. The number of amides is 1. The molecule has 9 heteroatoms. The number of aromatic nitrogens is 1. The van der Waals surface area contributed by atoms with Crippen LogP contribution in [0.2, 0.25) is 5.02 Å². The number of benzene rings is 1. The van der Waals surface area contributed by atoms with Gasteiger partial charge in [0.15, 0.2) is 0 Å². The lowest BCUT2D eigenvalue weighted by atomic mass is 10.1. The van der Waals surface area contributed by atoms with E-state index in [1.54, 1.807) is 17.0 Å². The molecule has 1 saturated heterocycles. The number of carbonyl (C=O) groups excluding carboxylic acids is 1. The lowest BCUT2D eigenvalue weighted by molar-refractivity contribution is -0.130. The second-order valence-corrected chi connectivity index (χ2v) is 8.01. The minimum absolute atomic E-state index is 0.00120. The molecule has 1 fully saturated rings. The molecule has 0 unspecified atom stereocenters. The number of piperazine rings is 1. The van der Waals surface area contributed by atoms with Gasteiger partial charge in [0.25, 0.3) is 0 Å². The Hall–Kier alpha value is -2.16. The fourth-order valence-electron chi connectivity index (χ4n) is 2.94. The van der Waals surface area contributed by atoms with Gasteiger partial charge in [0.2, 0.25) is 15.9 Å². The van der Waals surface area contributed by atoms with Crippen LogP contribution in [0.3, 0.4) is 0 Å². The van der Waals surface area contributed by atoms with Gasteiger partial charge in [-0.15, -0.1) is 0 Å². The highest BCUT2D eigenvalue weighted by atomic mass is 35.5. The third-order valence-corrected chi connectivity index (χ3v) is 5.40. The van der Waals surface area contributed by atoms with Crippen LogP contribution < -0.4 is 10.0 Å². The molecule has 1 aliphatic heterocycles. The Balaban J connectivity index is 1.66. The number of sulfonamides is 1. The van der Waals surface area contributed by atoms with Gasteiger partial charge < -0.3 is 9.80 Å². The average molecular weight is 395 g/mol. The fourth-order valence-corrected chi connectivity index (χ4v) is 3.86. The third kappa shape index (κ3) is 4.32. The number of hydrogen-bond acceptors (Lipinski definition) is 5. The molecular formula is C17H19ClN4O3S. The molecule has 1 aromatic heterocycles. The van der Waals surface area contributed by atoms with Crippen LogP contribution in [-0.2, 0) is 21.2 Å². The monoisotopic (exact) mass is 394 g/mol. The molecule has 7 nitrogen and oxygen atoms in total. The summed E-state index contributed by atoms with van der Waals surface area (Å²) < 4.78 is 23.5. The van der Waals surface area contributed by atoms with E-state index in [0.29, 0.717) is 37.0 Å². The number of pyridine rings is 1. The van der Waals surface area contributed by atoms with Crippen molar-refractivity contribution in [3.05, 3.63) is 53.2 Å². The highest BCUT2D eigenvalue weighted by Crippen LogP contribution is 2.22. The van der Waals surface area contributed by atoms with Crippen molar-refractivity contribution in [1.29, 1.82) is 0 Å². The first-order chi connectivity index (χ1) is 12.3. The number of nitrogens with two attached hydrogens (primary N) is 1. The Morgan fingerprint density at radius 2 is 1.88 bits per heavy atom. The molecule has 26 heavy (non-hydrogen) atoms. The standard InChI is InChI=1S/C17H19ClN4O3S/c18-14-4-1-3-13(11-14)12-16(23)21-7-9-22(10-8-21)17-15(26(19,24)25)5-2-6-20-17/h1-6,11H,7-10,12H2,(H2,19,24,25). The Bertz CT molecular complexity index is 912. The molecule has 0 aliphatic carbocycles. The van der Waals surface area contributed by atoms with Gasteiger partial charge >= 0.3 is 0 Å². The van der Waals surface area contributed by atoms with Gasteiger partial charge in [-0.1, -0.05) is 23.7 Å². The summed E-state index contributed by atoms with van der Waals surface area (Å²) in [5.41, 5.74) is 0.867. The number of carbonyl (C=O) groups is 1. The van der Waals surface area contributed by atoms with E-state index in [9.17, 15) is 13.2 Å². The third-order valence-electron chi connectivity index (χ3n) is 4.23. The molecule has 1 aromatic carbocycles. The zero-order valence-corrected chi connectivity index (χ0v) is 15.6. The summed E-state index contributed by atoms with van der Waals surface area (Å²) in [5, 5.41) is 5.87. The van der Waals surface area contributed by atoms with E-state index in [1.165, 1.54) is 18.3 Å². The lowest BCUT2D eigenvalue weighted by Crippen LogP contribution is -2.49. The van der Waals surface area contributed by atoms with Crippen LogP contribution in [0.15, 0.2) is 47.5 Å². The van der Waals surface area contributed by atoms with E-state index >= 15 is 0 Å². The van der Waals surface area contributed by atoms with Gasteiger partial charge in [-0.25, -0.2) is 18.5 Å². The second-order valence-electron chi connectivity index (χ2n) is 6.04. The summed E-state index contributed by atoms with van der Waals surface area (Å²) in [5.74, 6) is 0.344. The molecule has 0 spiro atoms. The van der Waals surface area contributed by atoms with Crippen molar-refractivity contribution >= 4 is 33.3 Å². The van der Waals surface area contributed by atoms with Crippen molar-refractivity contribution in [2.45, 2.75) is 11.3 Å². The van der Waals surface area contributed by atoms with E-state index in [2.05, 4.69) is 4.98 Å². The van der Waals surface area contributed by atoms with E-state index in [-0.39, 0.29) is 17.2 Å². The van der Waals surface area contributed by atoms with E-state index in [4.69, 9.17) is 16.7 Å². The minimum atomic E-state index is -3.85. The van der Waals surface area contributed by atoms with Gasteiger partial charge in [0.05, 0.1) is 6.42 Å². The smallest absolute Gasteiger partial charge is 0.241 e. The van der Waals surface area contributed by atoms with Crippen molar-refractivity contribution in [2.75, 3.05) is 31.1 Å². The summed E-state index contributed by atoms with van der Waals surface area (Å²) in [6.45, 7) is 1.95. The van der Waals surface area contributed by atoms with Gasteiger partial charge in [-0.3, -0.25) is 4.79 Å². The van der Waals surface area contributed by atoms with Crippen LogP contribution in [-0.4, -0.2) is 50.4 Å². The molecule has 2 N–H and O–H groups in total. The maximum atomic E-state index is 12.5. The van der Waals surface area contributed by atoms with Gasteiger partial charge in [0, 0.05) is 37.4 Å². The van der Waals surface area contributed by atoms with Crippen molar-refractivity contribution in [3.8, 4) is 0 Å². The van der Waals surface area contributed by atoms with Gasteiger partial charge in [-0.2, -0.15) is 0 Å². The van der Waals surface area contributed by atoms with Crippen LogP contribution in [0.1, 0.15) is 5.56 Å². The SMILES string of the molecule is NS(=O)(=O)c1cccnc1N1CCN(C(=O)Cc2cccc(Cl)c2)CC1. The average Bonchev–Trinajstić information content (AvgIpc) is 2.61. The summed E-state index contributed by atoms with van der Waals surface area (Å²) in [4.78, 5) is 20.2. The normalized spacial score (nSPS) is 15.2. The fraction of sp³-hybridized carbons (Fsp3) is 0.294. The highest BCUT2D eigenvalue weighted by molar-refractivity contribution is 7.89. The first kappa shape index (κ1) is 18.6. The van der Waals surface area contributed by atoms with Crippen molar-refractivity contribution in [1.82, 2.24) is 9.88 Å². The quantitative estimate of drug-likeness (QED) is 0.842. The van der Waals surface area contributed by atoms with E-state index < -0.39 is 10.0 Å². The first-order valence-corrected chi connectivity index (χ1v) is 10.0. The number of primary sulfonamides is 1. The Kier molecular flexibility index (Phi) is 5.45. The van der Waals surface area contributed by atoms with Crippen molar-refractivity contribution in [2.24, 2.45) is 5.14 Å². The predicted molar refractivity (Wildman–Crippen MR) is 99.6 cm³/mol. The summed E-state index contributed by atoms with van der Waals surface area (Å²) in [6, 6.07) is 10.2. The van der Waals surface area contributed by atoms with Crippen molar-refractivity contribution < 1.29 is 13.2 Å². The van der Waals surface area contributed by atoms with E-state index in [0.717, 1.165) is 5.56 Å². The topological polar surface area (TPSA) is 96.6 Å². The lowest BCUT2D eigenvalue weighted by Gasteiger charge is -2.36. The van der Waals surface area contributed by atoms with Crippen LogP contribution in [0.25, 0.3) is 0 Å². The summed E-state index contributed by atoms with van der Waals surface area (Å²) in [6.07, 6.45) is 1.81. The maximum absolute atomic E-state index is 12.5. The van der Waals surface area contributed by atoms with Crippen molar-refractivity contribution in [3.63, 3.8) is 0 Å². The maximum Gasteiger partial charge on any atom is 0.241 e. The molecular weight excluding hydrogens is 376 g/mol. The molecule has 1 amide bonds. The number of rotatable bonds is 4. The molecule has 0 saturated carbocycles. The van der Waals surface area contributed by atoms with E-state index in [1.807, 2.05) is 17.0 Å². The second kappa shape index (κ2) is 7.61. The molecule has 0 atom stereocenters. The molecule has 3 rings (SSSR count). The van der Waals surface area contributed by atoms with Crippen LogP contribution >= 0.6 is 11.6 Å². The summed E-state index contributed by atoms with van der Waals surface area (Å²) in [7, 11) is -3.85. The Morgan fingerprint density at radius 1 is 1.15 bits per heavy atom. The number of hydrogen-bond donors (Lipinski definition) is 1. The molecule has 0 radical (unpaired) electrons. The molecule has 2 heterocycles. The minimum Gasteiger partial charge on any atom is -0.352 e. The zero-order valence-electron chi connectivity index (χ0n) is 14.0. The summed E-state index contributed by atoms with van der Waals surface area (Å²) >= 11 is 5.95. The molecule has 138 valence electrons. The predicted octanol–water partition coefficient (Wildman–Crippen LogP) is 1.27. The Labute approximate surface area is 157 Å². The molecule has 1 aliphatic rings. The largest absolute Gasteiger partial charge is 0.352 e. The number of anilines is 1. The first-order valence-electron chi connectivity index (χ1n) is 8.09. The van der Waals surface area contributed by atoms with Crippen LogP contribution in [0.4, 0.5) is 5.82 Å². The molecule has 2 aromatic rings. The van der Waals surface area contributed by atoms with Crippen LogP contribution in [0.5, 0.6) is 0 Å². The zero-order chi connectivity index (χ0) is 18.7. The number of halogens is 1. The van der Waals surface area contributed by atoms with Gasteiger partial charge in [0.1, 0.15) is 10.7 Å². The Morgan fingerprint density at radius 3 is 2.54 bits per heavy atom. The number of nitrogens with zero attached hydrogens (tertiary/aromatic N) is 3. The van der Waals surface area contributed by atoms with Crippen LogP contribution in [0, 0.1) is 0 Å². The van der Waals surface area contributed by atoms with Gasteiger partial charge in [-0.05, 0) is 29.8 Å².